The summed E-state index contributed by atoms with van der Waals surface area (Å²) in [6.07, 6.45) is 2.76. The van der Waals surface area contributed by atoms with Crippen molar-refractivity contribution in [2.75, 3.05) is 13.2 Å². The number of hydrogen-bond acceptors (Lipinski definition) is 3. The number of ether oxygens (including phenoxy) is 1. The van der Waals surface area contributed by atoms with Gasteiger partial charge in [-0.1, -0.05) is 31.5 Å². The molecule has 0 saturated carbocycles. The van der Waals surface area contributed by atoms with Crippen molar-refractivity contribution in [3.05, 3.63) is 29.8 Å². The fourth-order valence-electron chi connectivity index (χ4n) is 1.85. The number of carbonyl (C=O) groups is 1. The Labute approximate surface area is 127 Å². The third kappa shape index (κ3) is 6.17. The molecular weight excluding hydrogens is 266 g/mol. The predicted molar refractivity (Wildman–Crippen MR) is 84.6 cm³/mol. The minimum absolute atomic E-state index is 0.598. The Morgan fingerprint density at radius 1 is 1.33 bits per heavy atom. The molecule has 21 heavy (non-hydrogen) atoms. The Morgan fingerprint density at radius 3 is 2.71 bits per heavy atom. The van der Waals surface area contributed by atoms with Crippen LogP contribution in [0.3, 0.4) is 0 Å². The summed E-state index contributed by atoms with van der Waals surface area (Å²) >= 11 is 0. The Hall–Kier alpha value is -1.55. The topological polar surface area (TPSA) is 58.6 Å². The van der Waals surface area contributed by atoms with Gasteiger partial charge in [0.25, 0.3) is 0 Å². The van der Waals surface area contributed by atoms with E-state index < -0.39 is 11.4 Å². The van der Waals surface area contributed by atoms with Crippen LogP contribution < -0.4 is 10.1 Å². The first kappa shape index (κ1) is 17.5. The van der Waals surface area contributed by atoms with Crippen LogP contribution in [-0.2, 0) is 11.3 Å². The molecule has 1 aromatic rings. The van der Waals surface area contributed by atoms with Crippen LogP contribution in [-0.4, -0.2) is 24.2 Å². The average molecular weight is 293 g/mol. The van der Waals surface area contributed by atoms with Crippen LogP contribution in [0.2, 0.25) is 0 Å². The quantitative estimate of drug-likeness (QED) is 0.649. The predicted octanol–water partition coefficient (Wildman–Crippen LogP) is 3.46. The number of benzene rings is 1. The zero-order chi connectivity index (χ0) is 15.7. The molecule has 0 saturated heterocycles. The van der Waals surface area contributed by atoms with Crippen LogP contribution in [0.1, 0.15) is 45.6 Å². The van der Waals surface area contributed by atoms with Crippen molar-refractivity contribution in [3.8, 4) is 5.75 Å². The van der Waals surface area contributed by atoms with E-state index in [1.54, 1.807) is 13.8 Å². The van der Waals surface area contributed by atoms with Gasteiger partial charge in [0, 0.05) is 12.1 Å². The van der Waals surface area contributed by atoms with Crippen LogP contribution in [0, 0.1) is 5.41 Å². The van der Waals surface area contributed by atoms with Gasteiger partial charge in [-0.2, -0.15) is 0 Å². The van der Waals surface area contributed by atoms with Gasteiger partial charge in [0.05, 0.1) is 12.0 Å². The van der Waals surface area contributed by atoms with Gasteiger partial charge in [0.1, 0.15) is 5.75 Å². The van der Waals surface area contributed by atoms with Crippen LogP contribution in [0.15, 0.2) is 24.3 Å². The molecule has 2 N–H and O–H groups in total. The van der Waals surface area contributed by atoms with Crippen molar-refractivity contribution in [2.24, 2.45) is 5.41 Å². The summed E-state index contributed by atoms with van der Waals surface area (Å²) in [5.74, 6) is 0.156. The molecule has 4 heteroatoms. The van der Waals surface area contributed by atoms with Crippen molar-refractivity contribution in [1.82, 2.24) is 5.32 Å². The highest BCUT2D eigenvalue weighted by Crippen LogP contribution is 2.20. The van der Waals surface area contributed by atoms with E-state index in [-0.39, 0.29) is 0 Å². The van der Waals surface area contributed by atoms with E-state index in [0.717, 1.165) is 30.8 Å². The molecule has 0 amide bonds. The van der Waals surface area contributed by atoms with E-state index in [0.29, 0.717) is 19.5 Å². The maximum atomic E-state index is 11.0. The van der Waals surface area contributed by atoms with E-state index in [1.165, 1.54) is 0 Å². The zero-order valence-electron chi connectivity index (χ0n) is 13.3. The normalized spacial score (nSPS) is 11.4. The fourth-order valence-corrected chi connectivity index (χ4v) is 1.85. The van der Waals surface area contributed by atoms with Crippen molar-refractivity contribution in [3.63, 3.8) is 0 Å². The molecular formula is C17H27NO3. The van der Waals surface area contributed by atoms with Gasteiger partial charge in [-0.15, -0.1) is 0 Å². The van der Waals surface area contributed by atoms with Crippen molar-refractivity contribution < 1.29 is 14.6 Å². The van der Waals surface area contributed by atoms with E-state index in [9.17, 15) is 4.79 Å². The average Bonchev–Trinajstić information content (AvgIpc) is 2.45. The molecule has 0 unspecified atom stereocenters. The molecule has 118 valence electrons. The second kappa shape index (κ2) is 8.67. The third-order valence-electron chi connectivity index (χ3n) is 3.55. The first-order valence-corrected chi connectivity index (χ1v) is 7.62. The lowest BCUT2D eigenvalue weighted by molar-refractivity contribution is -0.147. The summed E-state index contributed by atoms with van der Waals surface area (Å²) < 4.78 is 5.78. The van der Waals surface area contributed by atoms with Gasteiger partial charge in [0.2, 0.25) is 0 Å². The minimum atomic E-state index is -0.757. The highest BCUT2D eigenvalue weighted by molar-refractivity contribution is 5.73. The summed E-state index contributed by atoms with van der Waals surface area (Å²) in [7, 11) is 0. The van der Waals surface area contributed by atoms with E-state index >= 15 is 0 Å². The van der Waals surface area contributed by atoms with Gasteiger partial charge in [-0.25, -0.2) is 0 Å². The Morgan fingerprint density at radius 2 is 2.05 bits per heavy atom. The van der Waals surface area contributed by atoms with Gasteiger partial charge >= 0.3 is 5.97 Å². The lowest BCUT2D eigenvalue weighted by atomic mass is 9.90. The van der Waals surface area contributed by atoms with Crippen LogP contribution in [0.5, 0.6) is 5.75 Å². The minimum Gasteiger partial charge on any atom is -0.493 e. The van der Waals surface area contributed by atoms with Crippen LogP contribution in [0.4, 0.5) is 0 Å². The molecule has 0 bridgehead atoms. The second-order valence-corrected chi connectivity index (χ2v) is 5.93. The van der Waals surface area contributed by atoms with Crippen molar-refractivity contribution in [2.45, 2.75) is 46.6 Å². The monoisotopic (exact) mass is 293 g/mol. The molecule has 0 heterocycles. The summed E-state index contributed by atoms with van der Waals surface area (Å²) in [5, 5.41) is 12.4. The maximum absolute atomic E-state index is 11.0. The highest BCUT2D eigenvalue weighted by atomic mass is 16.5. The number of nitrogens with one attached hydrogen (secondary N) is 1. The summed E-state index contributed by atoms with van der Waals surface area (Å²) in [4.78, 5) is 11.0. The lowest BCUT2D eigenvalue weighted by Gasteiger charge is -2.19. The maximum Gasteiger partial charge on any atom is 0.309 e. The van der Waals surface area contributed by atoms with Crippen LogP contribution >= 0.6 is 0 Å². The molecule has 1 aromatic carbocycles. The number of carboxylic acids is 1. The summed E-state index contributed by atoms with van der Waals surface area (Å²) in [6.45, 7) is 7.73. The molecule has 1 rings (SSSR count). The third-order valence-corrected chi connectivity index (χ3v) is 3.55. The number of carboxylic acid groups (broad SMARTS) is 1. The number of unbranched alkanes of at least 4 members (excludes halogenated alkanes) is 1. The van der Waals surface area contributed by atoms with Gasteiger partial charge < -0.3 is 15.2 Å². The van der Waals surface area contributed by atoms with E-state index in [4.69, 9.17) is 9.84 Å². The van der Waals surface area contributed by atoms with Gasteiger partial charge in [-0.05, 0) is 39.3 Å². The van der Waals surface area contributed by atoms with Gasteiger partial charge in [-0.3, -0.25) is 4.79 Å². The molecule has 0 radical (unpaired) electrons. The van der Waals surface area contributed by atoms with Crippen molar-refractivity contribution in [1.29, 1.82) is 0 Å². The van der Waals surface area contributed by atoms with Gasteiger partial charge in [0.15, 0.2) is 0 Å². The lowest BCUT2D eigenvalue weighted by Crippen LogP contribution is -2.28. The Balaban J connectivity index is 2.43. The Kier molecular flexibility index (Phi) is 7.23. The number of para-hydroxylation sites is 1. The number of hydrogen-bond donors (Lipinski definition) is 2. The number of rotatable bonds is 10. The molecule has 0 aliphatic heterocycles. The zero-order valence-corrected chi connectivity index (χ0v) is 13.3. The molecule has 0 fully saturated rings. The first-order chi connectivity index (χ1) is 9.97. The molecule has 0 aromatic heterocycles. The summed E-state index contributed by atoms with van der Waals surface area (Å²) in [6, 6.07) is 7.98. The van der Waals surface area contributed by atoms with Crippen LogP contribution in [0.25, 0.3) is 0 Å². The van der Waals surface area contributed by atoms with E-state index in [1.807, 2.05) is 24.3 Å². The highest BCUT2D eigenvalue weighted by Gasteiger charge is 2.26. The smallest absolute Gasteiger partial charge is 0.309 e. The second-order valence-electron chi connectivity index (χ2n) is 5.93. The fraction of sp³-hybridized carbons (Fsp3) is 0.588. The standard InChI is InChI=1S/C17H27NO3/c1-4-5-12-21-15-9-7-6-8-14(15)13-18-11-10-17(2,3)16(19)20/h6-9,18H,4-5,10-13H2,1-3H3,(H,19,20). The SMILES string of the molecule is CCCCOc1ccccc1CNCCC(C)(C)C(=O)O. The summed E-state index contributed by atoms with van der Waals surface area (Å²) in [5.41, 5.74) is 0.422. The largest absolute Gasteiger partial charge is 0.493 e. The number of aliphatic carboxylic acids is 1. The Bertz CT molecular complexity index is 443. The first-order valence-electron chi connectivity index (χ1n) is 7.62. The molecule has 0 spiro atoms. The molecule has 0 atom stereocenters. The molecule has 0 aliphatic rings. The van der Waals surface area contributed by atoms with E-state index in [2.05, 4.69) is 12.2 Å². The van der Waals surface area contributed by atoms with Crippen molar-refractivity contribution >= 4 is 5.97 Å². The molecule has 0 aliphatic carbocycles. The molecule has 4 nitrogen and oxygen atoms in total.